The van der Waals surface area contributed by atoms with E-state index in [0.29, 0.717) is 0 Å². The van der Waals surface area contributed by atoms with Gasteiger partial charge in [0.1, 0.15) is 0 Å². The van der Waals surface area contributed by atoms with Crippen molar-refractivity contribution < 1.29 is 57.1 Å². The number of rotatable bonds is 0. The van der Waals surface area contributed by atoms with Crippen LogP contribution in [0.4, 0.5) is 0 Å². The summed E-state index contributed by atoms with van der Waals surface area (Å²) in [4.78, 5) is 21.6. The summed E-state index contributed by atoms with van der Waals surface area (Å²) in [6, 6.07) is 0. The van der Waals surface area contributed by atoms with E-state index < -0.39 is 7.82 Å². The van der Waals surface area contributed by atoms with Gasteiger partial charge in [-0.15, -0.1) is 0 Å². The van der Waals surface area contributed by atoms with Crippen molar-refractivity contribution in [3.8, 4) is 0 Å². The van der Waals surface area contributed by atoms with Crippen molar-refractivity contribution in [2.24, 2.45) is 0 Å². The van der Waals surface area contributed by atoms with E-state index >= 15 is 0 Å². The molecule has 7 heteroatoms. The first-order chi connectivity index (χ1) is 2.00. The van der Waals surface area contributed by atoms with Crippen LogP contribution in [0.1, 0.15) is 0 Å². The van der Waals surface area contributed by atoms with E-state index in [1.807, 2.05) is 0 Å². The third kappa shape index (κ3) is 121. The van der Waals surface area contributed by atoms with Crippen LogP contribution in [0.5, 0.6) is 0 Å². The number of phosphoric acid groups is 1. The Bertz CT molecular complexity index is 57.8. The van der Waals surface area contributed by atoms with Crippen molar-refractivity contribution in [1.82, 2.24) is 0 Å². The summed E-state index contributed by atoms with van der Waals surface area (Å²) in [7, 11) is -4.64. The van der Waals surface area contributed by atoms with Crippen molar-refractivity contribution in [2.75, 3.05) is 0 Å². The summed E-state index contributed by atoms with van der Waals surface area (Å²) in [6.45, 7) is 0. The molecule has 0 aromatic carbocycles. The maximum Gasteiger partial charge on any atom is 0.466 e. The normalized spacial score (nSPS) is 8.43. The van der Waals surface area contributed by atoms with Crippen LogP contribution in [0.25, 0.3) is 0 Å². The van der Waals surface area contributed by atoms with Gasteiger partial charge in [-0.2, -0.15) is 0 Å². The molecule has 0 saturated heterocycles. The van der Waals surface area contributed by atoms with Crippen molar-refractivity contribution in [1.29, 1.82) is 0 Å². The molecule has 0 amide bonds. The predicted octanol–water partition coefficient (Wildman–Crippen LogP) is -0.934. The molecule has 0 spiro atoms. The first kappa shape index (κ1) is 15.7. The average molecular weight is 352 g/mol. The zero-order chi connectivity index (χ0) is 4.50. The van der Waals surface area contributed by atoms with Crippen molar-refractivity contribution in [2.45, 2.75) is 0 Å². The van der Waals surface area contributed by atoms with E-state index in [0.717, 1.165) is 0 Å². The molecule has 0 unspecified atom stereocenters. The Morgan fingerprint density at radius 2 is 1.14 bits per heavy atom. The minimum Gasteiger partial charge on any atom is -0.303 e. The first-order valence-corrected chi connectivity index (χ1v) is 2.35. The van der Waals surface area contributed by atoms with Gasteiger partial charge < -0.3 is 14.7 Å². The molecule has 0 bridgehead atoms. The Morgan fingerprint density at radius 3 is 1.14 bits per heavy atom. The van der Waals surface area contributed by atoms with Gasteiger partial charge in [0.05, 0.1) is 0 Å². The maximum atomic E-state index is 8.88. The summed E-state index contributed by atoms with van der Waals surface area (Å²) < 4.78 is 8.88. The molecule has 0 heterocycles. The molecule has 0 rings (SSSR count). The molecule has 7 heavy (non-hydrogen) atoms. The standard InChI is InChI=1S/Co.H3O4P.Pt/c;1-5(2,3)4;/h;(H3,1,2,3,4);. The minimum atomic E-state index is -4.64. The summed E-state index contributed by atoms with van der Waals surface area (Å²) in [5, 5.41) is 0. The third-order valence-electron chi connectivity index (χ3n) is 0. The van der Waals surface area contributed by atoms with Crippen LogP contribution in [0.15, 0.2) is 0 Å². The Morgan fingerprint density at radius 1 is 1.14 bits per heavy atom. The fourth-order valence-electron chi connectivity index (χ4n) is 0. The fourth-order valence-corrected chi connectivity index (χ4v) is 0. The minimum absolute atomic E-state index is 0. The Balaban J connectivity index is -0.0000000800. The van der Waals surface area contributed by atoms with Crippen molar-refractivity contribution >= 4 is 7.82 Å². The van der Waals surface area contributed by atoms with Crippen LogP contribution in [0.3, 0.4) is 0 Å². The molecule has 51 valence electrons. The number of hydrogen-bond acceptors (Lipinski definition) is 1. The molecule has 0 aromatic heterocycles. The van der Waals surface area contributed by atoms with Gasteiger partial charge in [-0.05, 0) is 0 Å². The Kier molecular flexibility index (Phi) is 12.2. The second kappa shape index (κ2) is 5.44. The summed E-state index contributed by atoms with van der Waals surface area (Å²) in [5.74, 6) is 0. The topological polar surface area (TPSA) is 77.8 Å². The molecule has 4 nitrogen and oxygen atoms in total. The van der Waals surface area contributed by atoms with Crippen LogP contribution < -0.4 is 0 Å². The zero-order valence-electron chi connectivity index (χ0n) is 2.85. The number of hydrogen-bond donors (Lipinski definition) is 3. The smallest absolute Gasteiger partial charge is 0.303 e. The molecule has 0 aliphatic heterocycles. The molecule has 0 fully saturated rings. The molecule has 0 aromatic rings. The molecular weight excluding hydrogens is 349 g/mol. The van der Waals surface area contributed by atoms with Crippen molar-refractivity contribution in [3.05, 3.63) is 0 Å². The SMILES string of the molecule is O=P(O)(O)O.[Co].[Pt]. The first-order valence-electron chi connectivity index (χ1n) is 0.783. The molecule has 1 radical (unpaired) electrons. The van der Waals surface area contributed by atoms with Crippen LogP contribution >= 0.6 is 7.82 Å². The molecule has 3 N–H and O–H groups in total. The molecule has 0 atom stereocenters. The van der Waals surface area contributed by atoms with E-state index in [9.17, 15) is 0 Å². The molecular formula is H3CoO4PPt. The second-order valence-electron chi connectivity index (χ2n) is 0.513. The van der Waals surface area contributed by atoms with E-state index in [2.05, 4.69) is 0 Å². The Hall–Kier alpha value is 1.30. The van der Waals surface area contributed by atoms with Gasteiger partial charge in [0, 0.05) is 37.8 Å². The largest absolute Gasteiger partial charge is 0.466 e. The van der Waals surface area contributed by atoms with E-state index in [1.165, 1.54) is 0 Å². The Labute approximate surface area is 65.0 Å². The average Bonchev–Trinajstić information content (AvgIpc) is 0.722. The van der Waals surface area contributed by atoms with E-state index in [1.54, 1.807) is 0 Å². The van der Waals surface area contributed by atoms with E-state index in [-0.39, 0.29) is 37.8 Å². The molecule has 0 aliphatic rings. The van der Waals surface area contributed by atoms with Gasteiger partial charge in [-0.25, -0.2) is 4.57 Å². The van der Waals surface area contributed by atoms with Crippen molar-refractivity contribution in [3.63, 3.8) is 0 Å². The fraction of sp³-hybridized carbons (Fsp3) is 0. The predicted molar refractivity (Wildman–Crippen MR) is 14.3 cm³/mol. The third-order valence-corrected chi connectivity index (χ3v) is 0. The second-order valence-corrected chi connectivity index (χ2v) is 1.54. The molecule has 0 aliphatic carbocycles. The van der Waals surface area contributed by atoms with Crippen LogP contribution in [-0.4, -0.2) is 14.7 Å². The van der Waals surface area contributed by atoms with Gasteiger partial charge in [0.2, 0.25) is 0 Å². The van der Waals surface area contributed by atoms with Gasteiger partial charge in [0.15, 0.2) is 0 Å². The quantitative estimate of drug-likeness (QED) is 0.493. The van der Waals surface area contributed by atoms with Gasteiger partial charge in [-0.3, -0.25) is 0 Å². The van der Waals surface area contributed by atoms with Crippen LogP contribution in [-0.2, 0) is 42.4 Å². The van der Waals surface area contributed by atoms with Gasteiger partial charge in [0.25, 0.3) is 0 Å². The van der Waals surface area contributed by atoms with Gasteiger partial charge >= 0.3 is 7.82 Å². The van der Waals surface area contributed by atoms with E-state index in [4.69, 9.17) is 19.2 Å². The van der Waals surface area contributed by atoms with Crippen LogP contribution in [0.2, 0.25) is 0 Å². The van der Waals surface area contributed by atoms with Gasteiger partial charge in [-0.1, -0.05) is 0 Å². The zero-order valence-corrected chi connectivity index (χ0v) is 7.05. The molecule has 0 saturated carbocycles. The summed E-state index contributed by atoms with van der Waals surface area (Å²) >= 11 is 0. The maximum absolute atomic E-state index is 8.88. The summed E-state index contributed by atoms with van der Waals surface area (Å²) in [6.07, 6.45) is 0. The monoisotopic (exact) mass is 352 g/mol. The van der Waals surface area contributed by atoms with Crippen LogP contribution in [0, 0.1) is 0 Å². The summed E-state index contributed by atoms with van der Waals surface area (Å²) in [5.41, 5.74) is 0.